The lowest BCUT2D eigenvalue weighted by Gasteiger charge is -2.11. The van der Waals surface area contributed by atoms with Crippen molar-refractivity contribution in [1.82, 2.24) is 4.98 Å². The number of thiazole rings is 1. The maximum absolute atomic E-state index is 11.1. The van der Waals surface area contributed by atoms with Crippen molar-refractivity contribution in [3.05, 3.63) is 23.8 Å². The summed E-state index contributed by atoms with van der Waals surface area (Å²) in [5.74, 6) is -0.908. The van der Waals surface area contributed by atoms with Gasteiger partial charge in [-0.1, -0.05) is 17.4 Å². The molecule has 4 nitrogen and oxygen atoms in total. The van der Waals surface area contributed by atoms with Gasteiger partial charge in [0.25, 0.3) is 0 Å². The summed E-state index contributed by atoms with van der Waals surface area (Å²) < 4.78 is 0.951. The quantitative estimate of drug-likeness (QED) is 0.887. The third-order valence-electron chi connectivity index (χ3n) is 3.01. The van der Waals surface area contributed by atoms with Crippen molar-refractivity contribution in [1.29, 1.82) is 0 Å². The maximum Gasteiger partial charge on any atom is 0.337 e. The molecule has 17 heavy (non-hydrogen) atoms. The molecule has 1 aliphatic heterocycles. The molecule has 3 rings (SSSR count). The van der Waals surface area contributed by atoms with Gasteiger partial charge >= 0.3 is 5.97 Å². The predicted octanol–water partition coefficient (Wildman–Crippen LogP) is 2.59. The minimum absolute atomic E-state index is 0.296. The van der Waals surface area contributed by atoms with E-state index >= 15 is 0 Å². The Morgan fingerprint density at radius 3 is 2.82 bits per heavy atom. The number of hydrogen-bond acceptors (Lipinski definition) is 4. The molecule has 1 fully saturated rings. The van der Waals surface area contributed by atoms with Gasteiger partial charge in [0.05, 0.1) is 15.8 Å². The van der Waals surface area contributed by atoms with Gasteiger partial charge in [-0.3, -0.25) is 0 Å². The van der Waals surface area contributed by atoms with Crippen LogP contribution in [-0.4, -0.2) is 29.1 Å². The molecule has 5 heteroatoms. The first-order valence-corrected chi connectivity index (χ1v) is 6.45. The Balaban J connectivity index is 2.11. The topological polar surface area (TPSA) is 53.4 Å². The summed E-state index contributed by atoms with van der Waals surface area (Å²) in [7, 11) is 0. The molecule has 2 aromatic rings. The van der Waals surface area contributed by atoms with Crippen molar-refractivity contribution in [2.75, 3.05) is 18.0 Å². The minimum atomic E-state index is -0.908. The highest BCUT2D eigenvalue weighted by molar-refractivity contribution is 7.22. The van der Waals surface area contributed by atoms with Crippen LogP contribution in [0.3, 0.4) is 0 Å². The van der Waals surface area contributed by atoms with Crippen molar-refractivity contribution >= 4 is 32.7 Å². The average Bonchev–Trinajstić information content (AvgIpc) is 2.96. The molecule has 1 aromatic carbocycles. The summed E-state index contributed by atoms with van der Waals surface area (Å²) in [5.41, 5.74) is 0.913. The van der Waals surface area contributed by atoms with Crippen LogP contribution in [0, 0.1) is 0 Å². The van der Waals surface area contributed by atoms with Gasteiger partial charge in [0, 0.05) is 13.1 Å². The first-order chi connectivity index (χ1) is 8.25. The Morgan fingerprint density at radius 2 is 2.12 bits per heavy atom. The van der Waals surface area contributed by atoms with Crippen molar-refractivity contribution in [2.24, 2.45) is 0 Å². The van der Waals surface area contributed by atoms with Gasteiger partial charge in [-0.05, 0) is 25.0 Å². The molecule has 0 amide bonds. The second-order valence-corrected chi connectivity index (χ2v) is 5.16. The lowest BCUT2D eigenvalue weighted by Crippen LogP contribution is -2.17. The summed E-state index contributed by atoms with van der Waals surface area (Å²) in [6, 6.07) is 5.31. The van der Waals surface area contributed by atoms with Gasteiger partial charge in [0.15, 0.2) is 5.13 Å². The predicted molar refractivity (Wildman–Crippen MR) is 68.0 cm³/mol. The van der Waals surface area contributed by atoms with E-state index in [0.717, 1.165) is 22.9 Å². The second kappa shape index (κ2) is 4.00. The number of carboxylic acids is 1. The number of aromatic carboxylic acids is 1. The molecule has 0 unspecified atom stereocenters. The van der Waals surface area contributed by atoms with Crippen LogP contribution < -0.4 is 4.90 Å². The number of hydrogen-bond donors (Lipinski definition) is 1. The third-order valence-corrected chi connectivity index (χ3v) is 4.10. The number of para-hydroxylation sites is 1. The Bertz CT molecular complexity index is 573. The average molecular weight is 248 g/mol. The fourth-order valence-electron chi connectivity index (χ4n) is 2.15. The van der Waals surface area contributed by atoms with E-state index in [1.54, 1.807) is 23.5 Å². The SMILES string of the molecule is O=C(O)c1cccc2sc(N3CCCC3)nc12. The van der Waals surface area contributed by atoms with Gasteiger partial charge < -0.3 is 10.0 Å². The Labute approximate surface area is 103 Å². The van der Waals surface area contributed by atoms with Crippen molar-refractivity contribution < 1.29 is 9.90 Å². The van der Waals surface area contributed by atoms with Gasteiger partial charge in [-0.25, -0.2) is 9.78 Å². The lowest BCUT2D eigenvalue weighted by atomic mass is 10.2. The van der Waals surface area contributed by atoms with Gasteiger partial charge in [-0.2, -0.15) is 0 Å². The van der Waals surface area contributed by atoms with E-state index in [-0.39, 0.29) is 0 Å². The van der Waals surface area contributed by atoms with Crippen LogP contribution in [0.2, 0.25) is 0 Å². The molecular weight excluding hydrogens is 236 g/mol. The van der Waals surface area contributed by atoms with E-state index in [2.05, 4.69) is 9.88 Å². The number of carboxylic acid groups (broad SMARTS) is 1. The molecule has 88 valence electrons. The minimum Gasteiger partial charge on any atom is -0.478 e. The fraction of sp³-hybridized carbons (Fsp3) is 0.333. The highest BCUT2D eigenvalue weighted by Crippen LogP contribution is 2.32. The second-order valence-electron chi connectivity index (χ2n) is 4.15. The number of nitrogens with zero attached hydrogens (tertiary/aromatic N) is 2. The summed E-state index contributed by atoms with van der Waals surface area (Å²) in [6.07, 6.45) is 2.39. The van der Waals surface area contributed by atoms with Crippen molar-refractivity contribution in [2.45, 2.75) is 12.8 Å². The summed E-state index contributed by atoms with van der Waals surface area (Å²) in [6.45, 7) is 2.06. The highest BCUT2D eigenvalue weighted by atomic mass is 32.1. The highest BCUT2D eigenvalue weighted by Gasteiger charge is 2.18. The van der Waals surface area contributed by atoms with Crippen molar-refractivity contribution in [3.63, 3.8) is 0 Å². The number of benzene rings is 1. The third kappa shape index (κ3) is 1.76. The summed E-state index contributed by atoms with van der Waals surface area (Å²) in [5, 5.41) is 10.1. The molecule has 2 heterocycles. The Morgan fingerprint density at radius 1 is 1.35 bits per heavy atom. The molecule has 0 atom stereocenters. The Hall–Kier alpha value is -1.62. The van der Waals surface area contributed by atoms with Gasteiger partial charge in [0.2, 0.25) is 0 Å². The Kier molecular flexibility index (Phi) is 2.48. The number of carbonyl (C=O) groups is 1. The molecule has 0 bridgehead atoms. The molecule has 1 N–H and O–H groups in total. The smallest absolute Gasteiger partial charge is 0.337 e. The van der Waals surface area contributed by atoms with E-state index in [9.17, 15) is 4.79 Å². The monoisotopic (exact) mass is 248 g/mol. The molecule has 0 spiro atoms. The number of aromatic nitrogens is 1. The zero-order valence-corrected chi connectivity index (χ0v) is 10.0. The van der Waals surface area contributed by atoms with Crippen molar-refractivity contribution in [3.8, 4) is 0 Å². The zero-order chi connectivity index (χ0) is 11.8. The normalized spacial score (nSPS) is 15.6. The molecule has 0 radical (unpaired) electrons. The van der Waals surface area contributed by atoms with Gasteiger partial charge in [-0.15, -0.1) is 0 Å². The van der Waals surface area contributed by atoms with Crippen LogP contribution >= 0.6 is 11.3 Å². The first-order valence-electron chi connectivity index (χ1n) is 5.63. The molecule has 0 aliphatic carbocycles. The standard InChI is InChI=1S/C12H12N2O2S/c15-11(16)8-4-3-5-9-10(8)13-12(17-9)14-6-1-2-7-14/h3-5H,1-2,6-7H2,(H,15,16). The van der Waals surface area contributed by atoms with Crippen LogP contribution in [0.4, 0.5) is 5.13 Å². The summed E-state index contributed by atoms with van der Waals surface area (Å²) >= 11 is 1.58. The molecular formula is C12H12N2O2S. The zero-order valence-electron chi connectivity index (χ0n) is 9.22. The van der Waals surface area contributed by atoms with Crippen LogP contribution in [0.25, 0.3) is 10.2 Å². The molecule has 1 saturated heterocycles. The number of rotatable bonds is 2. The van der Waals surface area contributed by atoms with E-state index in [1.165, 1.54) is 12.8 Å². The van der Waals surface area contributed by atoms with Crippen LogP contribution in [0.5, 0.6) is 0 Å². The maximum atomic E-state index is 11.1. The fourth-order valence-corrected chi connectivity index (χ4v) is 3.20. The van der Waals surface area contributed by atoms with E-state index in [1.807, 2.05) is 6.07 Å². The summed E-state index contributed by atoms with van der Waals surface area (Å²) in [4.78, 5) is 17.8. The van der Waals surface area contributed by atoms with Crippen LogP contribution in [0.15, 0.2) is 18.2 Å². The molecule has 0 saturated carbocycles. The largest absolute Gasteiger partial charge is 0.478 e. The van der Waals surface area contributed by atoms with Crippen LogP contribution in [-0.2, 0) is 0 Å². The van der Waals surface area contributed by atoms with Crippen LogP contribution in [0.1, 0.15) is 23.2 Å². The van der Waals surface area contributed by atoms with E-state index in [4.69, 9.17) is 5.11 Å². The molecule has 1 aromatic heterocycles. The number of fused-ring (bicyclic) bond motifs is 1. The van der Waals surface area contributed by atoms with E-state index in [0.29, 0.717) is 11.1 Å². The van der Waals surface area contributed by atoms with Gasteiger partial charge in [0.1, 0.15) is 0 Å². The number of anilines is 1. The lowest BCUT2D eigenvalue weighted by molar-refractivity contribution is 0.0699. The van der Waals surface area contributed by atoms with E-state index < -0.39 is 5.97 Å². The first kappa shape index (κ1) is 10.5. The molecule has 1 aliphatic rings.